The molecule has 0 saturated heterocycles. The van der Waals surface area contributed by atoms with Crippen molar-refractivity contribution in [2.24, 2.45) is 0 Å². The molecule has 0 radical (unpaired) electrons. The highest BCUT2D eigenvalue weighted by molar-refractivity contribution is 7.09. The number of carbonyl (C=O) groups excluding carboxylic acids is 1. The molecule has 26 heavy (non-hydrogen) atoms. The lowest BCUT2D eigenvalue weighted by molar-refractivity contribution is -0.123. The Kier molecular flexibility index (Phi) is 5.62. The number of nitriles is 1. The Morgan fingerprint density at radius 2 is 2.00 bits per heavy atom. The van der Waals surface area contributed by atoms with E-state index in [1.54, 1.807) is 35.6 Å². The second-order valence-electron chi connectivity index (χ2n) is 5.62. The number of amides is 1. The number of benzene rings is 2. The van der Waals surface area contributed by atoms with Crippen molar-refractivity contribution in [2.75, 3.05) is 6.61 Å². The lowest BCUT2D eigenvalue weighted by Gasteiger charge is -2.09. The van der Waals surface area contributed by atoms with Crippen LogP contribution >= 0.6 is 11.3 Å². The molecule has 0 aliphatic carbocycles. The van der Waals surface area contributed by atoms with Gasteiger partial charge in [0.25, 0.3) is 5.91 Å². The topological polar surface area (TPSA) is 75.0 Å². The Labute approximate surface area is 155 Å². The van der Waals surface area contributed by atoms with Crippen molar-refractivity contribution in [3.05, 3.63) is 70.0 Å². The van der Waals surface area contributed by atoms with Crippen molar-refractivity contribution in [3.63, 3.8) is 0 Å². The Morgan fingerprint density at radius 1 is 1.23 bits per heavy atom. The van der Waals surface area contributed by atoms with Gasteiger partial charge >= 0.3 is 0 Å². The van der Waals surface area contributed by atoms with Crippen molar-refractivity contribution in [3.8, 4) is 23.1 Å². The number of hydrogen-bond donors (Lipinski definition) is 1. The molecule has 5 nitrogen and oxygen atoms in total. The second kappa shape index (κ2) is 8.28. The molecule has 0 unspecified atom stereocenters. The number of para-hydroxylation sites is 1. The fourth-order valence-electron chi connectivity index (χ4n) is 2.37. The molecule has 0 bridgehead atoms. The number of nitrogens with zero attached hydrogens (tertiary/aromatic N) is 2. The highest BCUT2D eigenvalue weighted by Crippen LogP contribution is 2.21. The Morgan fingerprint density at radius 3 is 2.69 bits per heavy atom. The summed E-state index contributed by atoms with van der Waals surface area (Å²) in [6, 6.07) is 16.8. The maximum absolute atomic E-state index is 12.0. The normalized spacial score (nSPS) is 10.2. The first kappa shape index (κ1) is 17.6. The molecule has 130 valence electrons. The monoisotopic (exact) mass is 363 g/mol. The average molecular weight is 363 g/mol. The minimum absolute atomic E-state index is 0.130. The van der Waals surface area contributed by atoms with Crippen molar-refractivity contribution >= 4 is 17.2 Å². The Balaban J connectivity index is 1.51. The fraction of sp³-hybridized carbons (Fsp3) is 0.150. The standard InChI is InChI=1S/C20H17N3O2S/c1-14-23-18(13-26-14)16-8-6-15(7-9-16)11-22-20(24)12-25-19-5-3-2-4-17(19)10-21/h2-9,13H,11-12H2,1H3,(H,22,24). The van der Waals surface area contributed by atoms with Crippen molar-refractivity contribution in [1.29, 1.82) is 5.26 Å². The summed E-state index contributed by atoms with van der Waals surface area (Å²) in [6.45, 7) is 2.27. The van der Waals surface area contributed by atoms with Gasteiger partial charge in [-0.15, -0.1) is 11.3 Å². The van der Waals surface area contributed by atoms with E-state index >= 15 is 0 Å². The van der Waals surface area contributed by atoms with E-state index in [1.807, 2.05) is 42.6 Å². The van der Waals surface area contributed by atoms with Gasteiger partial charge in [-0.1, -0.05) is 36.4 Å². The highest BCUT2D eigenvalue weighted by atomic mass is 32.1. The van der Waals surface area contributed by atoms with Gasteiger partial charge in [0.1, 0.15) is 11.8 Å². The molecule has 2 aromatic carbocycles. The van der Waals surface area contributed by atoms with Crippen LogP contribution in [-0.4, -0.2) is 17.5 Å². The fourth-order valence-corrected chi connectivity index (χ4v) is 2.99. The average Bonchev–Trinajstić information content (AvgIpc) is 3.11. The lowest BCUT2D eigenvalue weighted by Crippen LogP contribution is -2.28. The van der Waals surface area contributed by atoms with Gasteiger partial charge in [0.05, 0.1) is 16.3 Å². The van der Waals surface area contributed by atoms with Crippen LogP contribution in [0.1, 0.15) is 16.1 Å². The molecule has 1 heterocycles. The van der Waals surface area contributed by atoms with Crippen LogP contribution in [0.3, 0.4) is 0 Å². The molecule has 0 fully saturated rings. The maximum Gasteiger partial charge on any atom is 0.258 e. The minimum Gasteiger partial charge on any atom is -0.482 e. The van der Waals surface area contributed by atoms with E-state index in [9.17, 15) is 4.79 Å². The second-order valence-corrected chi connectivity index (χ2v) is 6.68. The Hall–Kier alpha value is -3.17. The van der Waals surface area contributed by atoms with Crippen LogP contribution in [0.15, 0.2) is 53.9 Å². The summed E-state index contributed by atoms with van der Waals surface area (Å²) in [4.78, 5) is 16.4. The van der Waals surface area contributed by atoms with Crippen LogP contribution in [0.25, 0.3) is 11.3 Å². The van der Waals surface area contributed by atoms with Crippen LogP contribution in [0, 0.1) is 18.3 Å². The molecule has 3 rings (SSSR count). The van der Waals surface area contributed by atoms with Gasteiger partial charge in [-0.3, -0.25) is 4.79 Å². The summed E-state index contributed by atoms with van der Waals surface area (Å²) in [6.07, 6.45) is 0. The Bertz CT molecular complexity index is 942. The number of thiazole rings is 1. The van der Waals surface area contributed by atoms with E-state index in [0.29, 0.717) is 17.9 Å². The molecular formula is C20H17N3O2S. The number of carbonyl (C=O) groups is 1. The molecule has 0 spiro atoms. The molecule has 0 atom stereocenters. The number of hydrogen-bond acceptors (Lipinski definition) is 5. The molecule has 1 N–H and O–H groups in total. The van der Waals surface area contributed by atoms with Crippen molar-refractivity contribution in [1.82, 2.24) is 10.3 Å². The van der Waals surface area contributed by atoms with E-state index < -0.39 is 0 Å². The van der Waals surface area contributed by atoms with E-state index in [2.05, 4.69) is 10.3 Å². The van der Waals surface area contributed by atoms with Gasteiger partial charge in [0, 0.05) is 17.5 Å². The van der Waals surface area contributed by atoms with Gasteiger partial charge < -0.3 is 10.1 Å². The summed E-state index contributed by atoms with van der Waals surface area (Å²) in [5.41, 5.74) is 3.42. The van der Waals surface area contributed by atoms with E-state index in [-0.39, 0.29) is 12.5 Å². The lowest BCUT2D eigenvalue weighted by atomic mass is 10.1. The van der Waals surface area contributed by atoms with Crippen molar-refractivity contribution < 1.29 is 9.53 Å². The zero-order valence-corrected chi connectivity index (χ0v) is 15.0. The van der Waals surface area contributed by atoms with Crippen LogP contribution in [-0.2, 0) is 11.3 Å². The zero-order valence-electron chi connectivity index (χ0n) is 14.2. The predicted molar refractivity (Wildman–Crippen MR) is 101 cm³/mol. The molecule has 1 aromatic heterocycles. The predicted octanol–water partition coefficient (Wildman–Crippen LogP) is 3.69. The van der Waals surface area contributed by atoms with Gasteiger partial charge in [0.2, 0.25) is 0 Å². The summed E-state index contributed by atoms with van der Waals surface area (Å²) in [5, 5.41) is 14.9. The van der Waals surface area contributed by atoms with Crippen LogP contribution in [0.5, 0.6) is 5.75 Å². The quantitative estimate of drug-likeness (QED) is 0.725. The zero-order chi connectivity index (χ0) is 18.4. The minimum atomic E-state index is -0.239. The number of aromatic nitrogens is 1. The maximum atomic E-state index is 12.0. The molecule has 6 heteroatoms. The number of rotatable bonds is 6. The third-order valence-electron chi connectivity index (χ3n) is 3.72. The van der Waals surface area contributed by atoms with Gasteiger partial charge in [0.15, 0.2) is 6.61 Å². The van der Waals surface area contributed by atoms with Crippen LogP contribution < -0.4 is 10.1 Å². The van der Waals surface area contributed by atoms with Crippen LogP contribution in [0.4, 0.5) is 0 Å². The summed E-state index contributed by atoms with van der Waals surface area (Å²) in [7, 11) is 0. The number of ether oxygens (including phenoxy) is 1. The third kappa shape index (κ3) is 4.47. The third-order valence-corrected chi connectivity index (χ3v) is 4.50. The first-order chi connectivity index (χ1) is 12.7. The van der Waals surface area contributed by atoms with Crippen LogP contribution in [0.2, 0.25) is 0 Å². The highest BCUT2D eigenvalue weighted by Gasteiger charge is 2.07. The molecule has 3 aromatic rings. The first-order valence-electron chi connectivity index (χ1n) is 8.06. The van der Waals surface area contributed by atoms with Gasteiger partial charge in [-0.05, 0) is 24.6 Å². The SMILES string of the molecule is Cc1nc(-c2ccc(CNC(=O)COc3ccccc3C#N)cc2)cs1. The summed E-state index contributed by atoms with van der Waals surface area (Å²) in [5.74, 6) is 0.171. The molecule has 0 saturated carbocycles. The van der Waals surface area contributed by atoms with E-state index in [4.69, 9.17) is 10.00 Å². The van der Waals surface area contributed by atoms with Gasteiger partial charge in [-0.2, -0.15) is 5.26 Å². The van der Waals surface area contributed by atoms with Gasteiger partial charge in [-0.25, -0.2) is 4.98 Å². The molecule has 1 amide bonds. The first-order valence-corrected chi connectivity index (χ1v) is 8.94. The summed E-state index contributed by atoms with van der Waals surface area (Å²) < 4.78 is 5.42. The summed E-state index contributed by atoms with van der Waals surface area (Å²) >= 11 is 1.62. The van der Waals surface area contributed by atoms with E-state index in [0.717, 1.165) is 21.8 Å². The van der Waals surface area contributed by atoms with E-state index in [1.165, 1.54) is 0 Å². The molecule has 0 aliphatic heterocycles. The largest absolute Gasteiger partial charge is 0.482 e. The smallest absolute Gasteiger partial charge is 0.258 e. The van der Waals surface area contributed by atoms with Crippen molar-refractivity contribution in [2.45, 2.75) is 13.5 Å². The molecule has 0 aliphatic rings. The molecular weight excluding hydrogens is 346 g/mol. The number of nitrogens with one attached hydrogen (secondary N) is 1. The number of aryl methyl sites for hydroxylation is 1.